The fourth-order valence-corrected chi connectivity index (χ4v) is 4.37. The van der Waals surface area contributed by atoms with Crippen molar-refractivity contribution < 1.29 is 0 Å². The van der Waals surface area contributed by atoms with Crippen LogP contribution >= 0.6 is 11.6 Å². The van der Waals surface area contributed by atoms with Gasteiger partial charge in [-0.05, 0) is 32.0 Å². The van der Waals surface area contributed by atoms with Crippen LogP contribution in [0, 0.1) is 13.8 Å². The summed E-state index contributed by atoms with van der Waals surface area (Å²) in [4.78, 5) is 14.0. The van der Waals surface area contributed by atoms with Gasteiger partial charge in [-0.1, -0.05) is 35.9 Å². The average Bonchev–Trinajstić information content (AvgIpc) is 3.10. The molecule has 0 atom stereocenters. The van der Waals surface area contributed by atoms with E-state index in [1.165, 1.54) is 0 Å². The molecule has 0 unspecified atom stereocenters. The highest BCUT2D eigenvalue weighted by Crippen LogP contribution is 2.34. The number of nitrogens with zero attached hydrogens (tertiary/aromatic N) is 6. The van der Waals surface area contributed by atoms with E-state index in [0.717, 1.165) is 66.0 Å². The standard InChI is InChI=1S/C23H23ClN6/c1-16-15-21(29-13-11-28(12-14-29)20-9-5-6-10-25-20)30-23(26-16)22(17(2)27-30)18-7-3-4-8-19(18)24/h3-10,15H,11-14H2,1-2H3. The Morgan fingerprint density at radius 2 is 1.63 bits per heavy atom. The highest BCUT2D eigenvalue weighted by atomic mass is 35.5. The third kappa shape index (κ3) is 3.27. The number of halogens is 1. The molecule has 5 rings (SSSR count). The van der Waals surface area contributed by atoms with Crippen LogP contribution in [-0.4, -0.2) is 45.8 Å². The quantitative estimate of drug-likeness (QED) is 0.494. The Hall–Kier alpha value is -3.12. The van der Waals surface area contributed by atoms with Crippen molar-refractivity contribution >= 4 is 28.9 Å². The van der Waals surface area contributed by atoms with E-state index in [2.05, 4.69) is 26.9 Å². The lowest BCUT2D eigenvalue weighted by Gasteiger charge is -2.36. The molecule has 0 amide bonds. The molecule has 0 saturated carbocycles. The van der Waals surface area contributed by atoms with Crippen LogP contribution in [-0.2, 0) is 0 Å². The number of rotatable bonds is 3. The number of pyridine rings is 1. The predicted octanol–water partition coefficient (Wildman–Crippen LogP) is 4.39. The van der Waals surface area contributed by atoms with Crippen molar-refractivity contribution in [1.82, 2.24) is 19.6 Å². The molecule has 30 heavy (non-hydrogen) atoms. The van der Waals surface area contributed by atoms with E-state index in [9.17, 15) is 0 Å². The largest absolute Gasteiger partial charge is 0.353 e. The van der Waals surface area contributed by atoms with Crippen molar-refractivity contribution in [1.29, 1.82) is 0 Å². The Morgan fingerprint density at radius 1 is 0.900 bits per heavy atom. The Kier molecular flexibility index (Phi) is 4.79. The number of benzene rings is 1. The Balaban J connectivity index is 1.52. The van der Waals surface area contributed by atoms with Crippen molar-refractivity contribution in [3.8, 4) is 11.1 Å². The molecule has 1 saturated heterocycles. The van der Waals surface area contributed by atoms with Crippen molar-refractivity contribution in [3.05, 3.63) is 71.1 Å². The third-order valence-electron chi connectivity index (χ3n) is 5.59. The van der Waals surface area contributed by atoms with Gasteiger partial charge in [-0.2, -0.15) is 9.61 Å². The number of hydrogen-bond donors (Lipinski definition) is 0. The Labute approximate surface area is 180 Å². The van der Waals surface area contributed by atoms with Gasteiger partial charge >= 0.3 is 0 Å². The lowest BCUT2D eigenvalue weighted by Crippen LogP contribution is -2.47. The predicted molar refractivity (Wildman–Crippen MR) is 122 cm³/mol. The maximum absolute atomic E-state index is 6.50. The SMILES string of the molecule is Cc1cc(N2CCN(c3ccccn3)CC2)n2nc(C)c(-c3ccccc3Cl)c2n1. The van der Waals surface area contributed by atoms with Gasteiger partial charge in [0.05, 0.1) is 11.3 Å². The summed E-state index contributed by atoms with van der Waals surface area (Å²) in [5, 5.41) is 5.56. The molecule has 1 aromatic carbocycles. The molecule has 152 valence electrons. The molecule has 0 spiro atoms. The van der Waals surface area contributed by atoms with Gasteiger partial charge in [0.2, 0.25) is 0 Å². The first kappa shape index (κ1) is 18.9. The topological polar surface area (TPSA) is 49.6 Å². The van der Waals surface area contributed by atoms with Gasteiger partial charge in [-0.25, -0.2) is 9.97 Å². The van der Waals surface area contributed by atoms with E-state index in [4.69, 9.17) is 21.7 Å². The van der Waals surface area contributed by atoms with Gasteiger partial charge in [0, 0.05) is 54.7 Å². The fourth-order valence-electron chi connectivity index (χ4n) is 4.14. The van der Waals surface area contributed by atoms with E-state index in [1.807, 2.05) is 61.0 Å². The monoisotopic (exact) mass is 418 g/mol. The second kappa shape index (κ2) is 7.61. The molecule has 4 heterocycles. The maximum Gasteiger partial charge on any atom is 0.165 e. The van der Waals surface area contributed by atoms with Crippen LogP contribution in [0.1, 0.15) is 11.4 Å². The van der Waals surface area contributed by atoms with Gasteiger partial charge in [0.15, 0.2) is 5.65 Å². The second-order valence-corrected chi connectivity index (χ2v) is 8.00. The van der Waals surface area contributed by atoms with Gasteiger partial charge in [0.25, 0.3) is 0 Å². The molecule has 0 bridgehead atoms. The molecule has 1 fully saturated rings. The van der Waals surface area contributed by atoms with Crippen LogP contribution in [0.2, 0.25) is 5.02 Å². The lowest BCUT2D eigenvalue weighted by atomic mass is 10.1. The molecule has 0 aliphatic carbocycles. The number of aromatic nitrogens is 4. The lowest BCUT2D eigenvalue weighted by molar-refractivity contribution is 0.633. The van der Waals surface area contributed by atoms with Crippen LogP contribution in [0.25, 0.3) is 16.8 Å². The van der Waals surface area contributed by atoms with E-state index in [-0.39, 0.29) is 0 Å². The normalized spacial score (nSPS) is 14.5. The van der Waals surface area contributed by atoms with E-state index in [0.29, 0.717) is 5.02 Å². The molecule has 1 aliphatic heterocycles. The zero-order valence-corrected chi connectivity index (χ0v) is 17.8. The van der Waals surface area contributed by atoms with Crippen LogP contribution < -0.4 is 9.80 Å². The van der Waals surface area contributed by atoms with Crippen LogP contribution in [0.3, 0.4) is 0 Å². The zero-order valence-electron chi connectivity index (χ0n) is 17.1. The number of fused-ring (bicyclic) bond motifs is 1. The number of aryl methyl sites for hydroxylation is 2. The molecule has 3 aromatic heterocycles. The molecule has 6 nitrogen and oxygen atoms in total. The summed E-state index contributed by atoms with van der Waals surface area (Å²) < 4.78 is 1.97. The highest BCUT2D eigenvalue weighted by molar-refractivity contribution is 6.33. The van der Waals surface area contributed by atoms with E-state index in [1.54, 1.807) is 0 Å². The van der Waals surface area contributed by atoms with Crippen LogP contribution in [0.4, 0.5) is 11.6 Å². The van der Waals surface area contributed by atoms with Gasteiger partial charge in [-0.3, -0.25) is 0 Å². The summed E-state index contributed by atoms with van der Waals surface area (Å²) >= 11 is 6.50. The van der Waals surface area contributed by atoms with Gasteiger partial charge in [0.1, 0.15) is 11.6 Å². The molecule has 1 aliphatic rings. The summed E-state index contributed by atoms with van der Waals surface area (Å²) in [6, 6.07) is 16.0. The van der Waals surface area contributed by atoms with Crippen molar-refractivity contribution in [3.63, 3.8) is 0 Å². The first-order valence-electron chi connectivity index (χ1n) is 10.1. The van der Waals surface area contributed by atoms with Crippen molar-refractivity contribution in [2.75, 3.05) is 36.0 Å². The summed E-state index contributed by atoms with van der Waals surface area (Å²) in [6.07, 6.45) is 1.85. The summed E-state index contributed by atoms with van der Waals surface area (Å²) in [7, 11) is 0. The van der Waals surface area contributed by atoms with E-state index < -0.39 is 0 Å². The van der Waals surface area contributed by atoms with Crippen LogP contribution in [0.5, 0.6) is 0 Å². The average molecular weight is 419 g/mol. The van der Waals surface area contributed by atoms with Gasteiger partial charge in [-0.15, -0.1) is 0 Å². The highest BCUT2D eigenvalue weighted by Gasteiger charge is 2.23. The number of anilines is 2. The smallest absolute Gasteiger partial charge is 0.165 e. The number of hydrogen-bond acceptors (Lipinski definition) is 5. The maximum atomic E-state index is 6.50. The molecular formula is C23H23ClN6. The van der Waals surface area contributed by atoms with Crippen molar-refractivity contribution in [2.45, 2.75) is 13.8 Å². The third-order valence-corrected chi connectivity index (χ3v) is 5.92. The summed E-state index contributed by atoms with van der Waals surface area (Å²) in [5.74, 6) is 2.10. The molecule has 0 radical (unpaired) electrons. The first-order chi connectivity index (χ1) is 14.6. The minimum Gasteiger partial charge on any atom is -0.353 e. The molecule has 7 heteroatoms. The van der Waals surface area contributed by atoms with E-state index >= 15 is 0 Å². The van der Waals surface area contributed by atoms with Gasteiger partial charge < -0.3 is 9.80 Å². The summed E-state index contributed by atoms with van der Waals surface area (Å²) in [6.45, 7) is 7.68. The molecule has 0 N–H and O–H groups in total. The number of piperazine rings is 1. The molecular weight excluding hydrogens is 396 g/mol. The second-order valence-electron chi connectivity index (χ2n) is 7.59. The van der Waals surface area contributed by atoms with Crippen molar-refractivity contribution in [2.24, 2.45) is 0 Å². The Bertz CT molecular complexity index is 1200. The summed E-state index contributed by atoms with van der Waals surface area (Å²) in [5.41, 5.74) is 4.71. The molecule has 4 aromatic rings. The zero-order chi connectivity index (χ0) is 20.7. The van der Waals surface area contributed by atoms with Crippen LogP contribution in [0.15, 0.2) is 54.7 Å². The fraction of sp³-hybridized carbons (Fsp3) is 0.261. The minimum absolute atomic E-state index is 0.712. The Morgan fingerprint density at radius 3 is 2.37 bits per heavy atom. The first-order valence-corrected chi connectivity index (χ1v) is 10.5. The minimum atomic E-state index is 0.712.